The quantitative estimate of drug-likeness (QED) is 0.523. The lowest BCUT2D eigenvalue weighted by Crippen LogP contribution is -2.39. The molecule has 0 amide bonds. The normalized spacial score (nSPS) is 12.2. The molecule has 0 radical (unpaired) electrons. The lowest BCUT2D eigenvalue weighted by Gasteiger charge is -2.33. The highest BCUT2D eigenvalue weighted by atomic mass is 16.7. The fourth-order valence-corrected chi connectivity index (χ4v) is 1.70. The van der Waals surface area contributed by atoms with E-state index < -0.39 is 24.0 Å². The van der Waals surface area contributed by atoms with Crippen molar-refractivity contribution in [3.63, 3.8) is 0 Å². The van der Waals surface area contributed by atoms with Crippen LogP contribution in [0.15, 0.2) is 0 Å². The Morgan fingerprint density at radius 2 is 1.53 bits per heavy atom. The zero-order valence-electron chi connectivity index (χ0n) is 11.1. The highest BCUT2D eigenvalue weighted by Gasteiger charge is 2.32. The van der Waals surface area contributed by atoms with Gasteiger partial charge in [-0.15, -0.1) is 0 Å². The van der Waals surface area contributed by atoms with E-state index in [0.717, 1.165) is 0 Å². The van der Waals surface area contributed by atoms with Gasteiger partial charge in [-0.3, -0.25) is 9.59 Å². The molecule has 0 spiro atoms. The maximum atomic E-state index is 11.5. The molecule has 1 N–H and O–H groups in total. The minimum atomic E-state index is -1.13. The smallest absolute Gasteiger partial charge is 0.310 e. The molecule has 0 rings (SSSR count). The van der Waals surface area contributed by atoms with Gasteiger partial charge in [-0.2, -0.15) is 0 Å². The summed E-state index contributed by atoms with van der Waals surface area (Å²) in [7, 11) is 0. The molecule has 17 heavy (non-hydrogen) atoms. The van der Waals surface area contributed by atoms with Gasteiger partial charge in [-0.1, -0.05) is 0 Å². The Kier molecular flexibility index (Phi) is 6.34. The van der Waals surface area contributed by atoms with Crippen LogP contribution in [0.5, 0.6) is 0 Å². The van der Waals surface area contributed by atoms with E-state index in [-0.39, 0.29) is 18.6 Å². The number of hydrogen-bond donors (Lipinski definition) is 1. The molecule has 100 valence electrons. The third kappa shape index (κ3) is 7.88. The molecule has 0 saturated heterocycles. The third-order valence-corrected chi connectivity index (χ3v) is 1.84. The summed E-state index contributed by atoms with van der Waals surface area (Å²) in [5.41, 5.74) is 0. The molecule has 0 aromatic rings. The molecule has 0 unspecified atom stereocenters. The molecule has 0 aromatic carbocycles. The number of ketones is 1. The number of carbonyl (C=O) groups is 2. The fourth-order valence-electron chi connectivity index (χ4n) is 1.70. The second kappa shape index (κ2) is 6.71. The van der Waals surface area contributed by atoms with Crippen molar-refractivity contribution >= 4 is 11.8 Å². The molecule has 5 heteroatoms. The number of hydrogen-bond acceptors (Lipinski definition) is 4. The Balaban J connectivity index is 4.57. The van der Waals surface area contributed by atoms with Gasteiger partial charge in [0.2, 0.25) is 0 Å². The lowest BCUT2D eigenvalue weighted by atomic mass is 10.1. The first kappa shape index (κ1) is 16.1. The summed E-state index contributed by atoms with van der Waals surface area (Å²) in [4.78, 5) is 21.9. The topological polar surface area (TPSA) is 72.8 Å². The first-order valence-electron chi connectivity index (χ1n) is 5.74. The average Bonchev–Trinajstić information content (AvgIpc) is 1.95. The minimum absolute atomic E-state index is 0.0599. The first-order chi connectivity index (χ1) is 7.64. The van der Waals surface area contributed by atoms with Crippen molar-refractivity contribution in [3.05, 3.63) is 0 Å². The number of carbonyl (C=O) groups excluding carboxylic acids is 1. The number of carboxylic acid groups (broad SMARTS) is 1. The SMILES string of the molecule is CC(C)OC(C)(CC(=O)CC(=O)O)OC(C)C. The minimum Gasteiger partial charge on any atom is -0.481 e. The van der Waals surface area contributed by atoms with Gasteiger partial charge >= 0.3 is 5.97 Å². The van der Waals surface area contributed by atoms with Gasteiger partial charge in [0.1, 0.15) is 12.2 Å². The fraction of sp³-hybridized carbons (Fsp3) is 0.833. The summed E-state index contributed by atoms with van der Waals surface area (Å²) >= 11 is 0. The standard InChI is InChI=1S/C12H22O5/c1-8(2)16-12(5,17-9(3)4)7-10(13)6-11(14)15/h8-9H,6-7H2,1-5H3,(H,14,15). The van der Waals surface area contributed by atoms with E-state index in [4.69, 9.17) is 14.6 Å². The average molecular weight is 246 g/mol. The van der Waals surface area contributed by atoms with Crippen LogP contribution in [-0.4, -0.2) is 34.9 Å². The van der Waals surface area contributed by atoms with E-state index in [9.17, 15) is 9.59 Å². The Hall–Kier alpha value is -0.940. The van der Waals surface area contributed by atoms with Gasteiger partial charge in [0.05, 0.1) is 18.6 Å². The highest BCUT2D eigenvalue weighted by molar-refractivity contribution is 5.95. The lowest BCUT2D eigenvalue weighted by molar-refractivity contribution is -0.257. The molecule has 0 aliphatic heterocycles. The van der Waals surface area contributed by atoms with Crippen molar-refractivity contribution in [2.45, 2.75) is 65.5 Å². The van der Waals surface area contributed by atoms with Crippen LogP contribution in [0.2, 0.25) is 0 Å². The molecule has 5 nitrogen and oxygen atoms in total. The molecule has 0 fully saturated rings. The number of ether oxygens (including phenoxy) is 2. The molecule has 0 aliphatic rings. The predicted octanol–water partition coefficient (Wildman–Crippen LogP) is 1.99. The van der Waals surface area contributed by atoms with Crippen molar-refractivity contribution in [2.75, 3.05) is 0 Å². The first-order valence-corrected chi connectivity index (χ1v) is 5.74. The second-order valence-corrected chi connectivity index (χ2v) is 4.75. The Morgan fingerprint density at radius 3 is 1.82 bits per heavy atom. The molecule has 0 bridgehead atoms. The zero-order chi connectivity index (χ0) is 13.6. The van der Waals surface area contributed by atoms with Crippen LogP contribution < -0.4 is 0 Å². The van der Waals surface area contributed by atoms with Crippen molar-refractivity contribution in [2.24, 2.45) is 0 Å². The van der Waals surface area contributed by atoms with Gasteiger partial charge in [0.15, 0.2) is 5.79 Å². The van der Waals surface area contributed by atoms with Crippen molar-refractivity contribution < 1.29 is 24.2 Å². The third-order valence-electron chi connectivity index (χ3n) is 1.84. The van der Waals surface area contributed by atoms with E-state index in [2.05, 4.69) is 0 Å². The molecule has 0 heterocycles. The van der Waals surface area contributed by atoms with Gasteiger partial charge in [-0.05, 0) is 34.6 Å². The van der Waals surface area contributed by atoms with E-state index in [1.54, 1.807) is 6.92 Å². The van der Waals surface area contributed by atoms with E-state index in [1.165, 1.54) is 0 Å². The van der Waals surface area contributed by atoms with Crippen LogP contribution in [0.3, 0.4) is 0 Å². The van der Waals surface area contributed by atoms with Gasteiger partial charge < -0.3 is 14.6 Å². The van der Waals surface area contributed by atoms with E-state index in [1.807, 2.05) is 27.7 Å². The molecular formula is C12H22O5. The molecule has 0 saturated carbocycles. The van der Waals surface area contributed by atoms with Gasteiger partial charge in [0.25, 0.3) is 0 Å². The molecule has 0 atom stereocenters. The Bertz CT molecular complexity index is 260. The van der Waals surface area contributed by atoms with Crippen LogP contribution in [0.4, 0.5) is 0 Å². The number of Topliss-reactive ketones (excluding diaryl/α,β-unsaturated/α-hetero) is 1. The van der Waals surface area contributed by atoms with Crippen LogP contribution >= 0.6 is 0 Å². The second-order valence-electron chi connectivity index (χ2n) is 4.75. The maximum Gasteiger partial charge on any atom is 0.310 e. The number of aliphatic carboxylic acids is 1. The van der Waals surface area contributed by atoms with Crippen molar-refractivity contribution in [1.82, 2.24) is 0 Å². The van der Waals surface area contributed by atoms with E-state index in [0.29, 0.717) is 0 Å². The Labute approximate surface area is 102 Å². The summed E-state index contributed by atoms with van der Waals surface area (Å²) in [6.45, 7) is 9.01. The summed E-state index contributed by atoms with van der Waals surface area (Å²) < 4.78 is 11.1. The molecule has 0 aromatic heterocycles. The summed E-state index contributed by atoms with van der Waals surface area (Å²) in [5, 5.41) is 8.54. The van der Waals surface area contributed by atoms with E-state index >= 15 is 0 Å². The van der Waals surface area contributed by atoms with Crippen molar-refractivity contribution in [1.29, 1.82) is 0 Å². The van der Waals surface area contributed by atoms with Crippen LogP contribution in [0.25, 0.3) is 0 Å². The van der Waals surface area contributed by atoms with Gasteiger partial charge in [-0.25, -0.2) is 0 Å². The van der Waals surface area contributed by atoms with Crippen LogP contribution in [0, 0.1) is 0 Å². The highest BCUT2D eigenvalue weighted by Crippen LogP contribution is 2.22. The predicted molar refractivity (Wildman–Crippen MR) is 62.7 cm³/mol. The number of rotatable bonds is 8. The molecular weight excluding hydrogens is 224 g/mol. The maximum absolute atomic E-state index is 11.5. The summed E-state index contributed by atoms with van der Waals surface area (Å²) in [5.74, 6) is -2.60. The monoisotopic (exact) mass is 246 g/mol. The van der Waals surface area contributed by atoms with Crippen molar-refractivity contribution in [3.8, 4) is 0 Å². The largest absolute Gasteiger partial charge is 0.481 e. The molecule has 0 aliphatic carbocycles. The van der Waals surface area contributed by atoms with Crippen LogP contribution in [-0.2, 0) is 19.1 Å². The Morgan fingerprint density at radius 1 is 1.12 bits per heavy atom. The van der Waals surface area contributed by atoms with Crippen LogP contribution in [0.1, 0.15) is 47.5 Å². The summed E-state index contributed by atoms with van der Waals surface area (Å²) in [6.07, 6.45) is -0.763. The summed E-state index contributed by atoms with van der Waals surface area (Å²) in [6, 6.07) is 0. The number of carboxylic acids is 1. The zero-order valence-corrected chi connectivity index (χ0v) is 11.1. The van der Waals surface area contributed by atoms with Gasteiger partial charge in [0, 0.05) is 0 Å².